The van der Waals surface area contributed by atoms with Gasteiger partial charge < -0.3 is 19.8 Å². The summed E-state index contributed by atoms with van der Waals surface area (Å²) in [7, 11) is 1.58. The molecule has 0 aliphatic heterocycles. The number of hydrogen-bond acceptors (Lipinski definition) is 5. The molecule has 9 heteroatoms. The highest BCUT2D eigenvalue weighted by Crippen LogP contribution is 2.43. The van der Waals surface area contributed by atoms with Gasteiger partial charge >= 0.3 is 7.82 Å². The summed E-state index contributed by atoms with van der Waals surface area (Å²) < 4.78 is 23.4. The van der Waals surface area contributed by atoms with Gasteiger partial charge in [0.25, 0.3) is 0 Å². The van der Waals surface area contributed by atoms with Crippen molar-refractivity contribution in [3.8, 4) is 0 Å². The minimum Gasteiger partial charge on any atom is -0.387 e. The number of quaternary nitrogens is 1. The Morgan fingerprint density at radius 1 is 0.635 bits per heavy atom. The van der Waals surface area contributed by atoms with E-state index in [2.05, 4.69) is 19.2 Å². The van der Waals surface area contributed by atoms with Crippen molar-refractivity contribution in [3.63, 3.8) is 0 Å². The maximum absolute atomic E-state index is 12.7. The molecule has 8 nitrogen and oxygen atoms in total. The average molecular weight is 760 g/mol. The van der Waals surface area contributed by atoms with Crippen molar-refractivity contribution >= 4 is 13.7 Å². The lowest BCUT2D eigenvalue weighted by Crippen LogP contribution is -2.45. The number of unbranched alkanes of at least 4 members (excludes halogenated alkanes) is 27. The van der Waals surface area contributed by atoms with Crippen LogP contribution in [0.5, 0.6) is 0 Å². The topological polar surface area (TPSA) is 105 Å². The van der Waals surface area contributed by atoms with E-state index in [1.807, 2.05) is 27.2 Å². The Bertz CT molecular complexity index is 865. The molecule has 0 aliphatic rings. The number of phosphoric ester groups is 1. The van der Waals surface area contributed by atoms with Crippen LogP contribution in [0.25, 0.3) is 0 Å². The van der Waals surface area contributed by atoms with Crippen LogP contribution in [0.15, 0.2) is 12.2 Å². The Balaban J connectivity index is 4.18. The summed E-state index contributed by atoms with van der Waals surface area (Å²) in [5.41, 5.74) is 0. The third-order valence-corrected chi connectivity index (χ3v) is 11.0. The van der Waals surface area contributed by atoms with Crippen molar-refractivity contribution in [2.24, 2.45) is 0 Å². The minimum atomic E-state index is -4.32. The fourth-order valence-corrected chi connectivity index (χ4v) is 7.19. The van der Waals surface area contributed by atoms with Crippen molar-refractivity contribution in [1.82, 2.24) is 5.32 Å². The summed E-state index contributed by atoms with van der Waals surface area (Å²) >= 11 is 0. The van der Waals surface area contributed by atoms with Crippen LogP contribution in [0.3, 0.4) is 0 Å². The van der Waals surface area contributed by atoms with Crippen LogP contribution in [-0.2, 0) is 18.4 Å². The molecule has 310 valence electrons. The molecule has 0 bridgehead atoms. The number of aliphatic hydroxyl groups excluding tert-OH is 1. The number of phosphoric acid groups is 1. The number of aliphatic hydroxyl groups is 1. The number of allylic oxidation sites excluding steroid dienone is 1. The molecule has 0 spiro atoms. The molecule has 0 saturated carbocycles. The monoisotopic (exact) mass is 760 g/mol. The number of likely N-dealkylation sites (N-methyl/N-ethyl adjacent to an activating group) is 1. The standard InChI is InChI=1S/C43H87N2O6P/c1-6-8-10-12-14-15-16-17-18-19-20-21-22-23-24-25-26-27-28-29-31-32-34-36-42(46)41(40-51-52(48,49)50-39-38-45(3,4)5)44-43(47)37-35-33-30-13-11-9-7-2/h34,36,41-42,46H,6-33,35,37-40H2,1-5H3,(H-,44,47,48,49)/p+1/b36-34+. The summed E-state index contributed by atoms with van der Waals surface area (Å²) in [6, 6.07) is -0.838. The Morgan fingerprint density at radius 2 is 1.02 bits per heavy atom. The van der Waals surface area contributed by atoms with Crippen LogP contribution in [0, 0.1) is 0 Å². The molecule has 52 heavy (non-hydrogen) atoms. The van der Waals surface area contributed by atoms with E-state index in [1.54, 1.807) is 6.08 Å². The van der Waals surface area contributed by atoms with Crippen LogP contribution >= 0.6 is 7.82 Å². The molecule has 0 heterocycles. The minimum absolute atomic E-state index is 0.0640. The normalized spacial score (nSPS) is 14.5. The second-order valence-electron chi connectivity index (χ2n) is 16.4. The van der Waals surface area contributed by atoms with Gasteiger partial charge in [-0.3, -0.25) is 13.8 Å². The molecule has 0 saturated heterocycles. The van der Waals surface area contributed by atoms with Gasteiger partial charge in [-0.25, -0.2) is 4.57 Å². The zero-order chi connectivity index (χ0) is 38.6. The quantitative estimate of drug-likeness (QED) is 0.0249. The van der Waals surface area contributed by atoms with E-state index in [9.17, 15) is 19.4 Å². The highest BCUT2D eigenvalue weighted by atomic mass is 31.2. The maximum atomic E-state index is 12.7. The fourth-order valence-electron chi connectivity index (χ4n) is 6.45. The van der Waals surface area contributed by atoms with Crippen molar-refractivity contribution < 1.29 is 32.9 Å². The van der Waals surface area contributed by atoms with Crippen LogP contribution in [-0.4, -0.2) is 73.4 Å². The van der Waals surface area contributed by atoms with E-state index in [-0.39, 0.29) is 19.1 Å². The van der Waals surface area contributed by atoms with Gasteiger partial charge in [0.1, 0.15) is 13.2 Å². The zero-order valence-electron chi connectivity index (χ0n) is 35.1. The van der Waals surface area contributed by atoms with E-state index in [4.69, 9.17) is 9.05 Å². The third-order valence-electron chi connectivity index (χ3n) is 10.0. The molecule has 0 radical (unpaired) electrons. The molecule has 3 atom stereocenters. The van der Waals surface area contributed by atoms with Gasteiger partial charge in [0.2, 0.25) is 5.91 Å². The van der Waals surface area contributed by atoms with Crippen molar-refractivity contribution in [1.29, 1.82) is 0 Å². The van der Waals surface area contributed by atoms with E-state index in [1.165, 1.54) is 154 Å². The number of nitrogens with zero attached hydrogens (tertiary/aromatic N) is 1. The molecule has 0 aromatic carbocycles. The van der Waals surface area contributed by atoms with Crippen molar-refractivity contribution in [3.05, 3.63) is 12.2 Å². The Kier molecular flexibility index (Phi) is 35.4. The van der Waals surface area contributed by atoms with E-state index in [0.717, 1.165) is 32.1 Å². The summed E-state index contributed by atoms with van der Waals surface area (Å²) in [6.07, 6.45) is 40.2. The molecule has 0 fully saturated rings. The van der Waals surface area contributed by atoms with Crippen LogP contribution in [0.4, 0.5) is 0 Å². The number of carbonyl (C=O) groups excluding carboxylic acids is 1. The van der Waals surface area contributed by atoms with E-state index < -0.39 is 20.0 Å². The lowest BCUT2D eigenvalue weighted by Gasteiger charge is -2.25. The average Bonchev–Trinajstić information content (AvgIpc) is 3.09. The van der Waals surface area contributed by atoms with Gasteiger partial charge in [-0.2, -0.15) is 0 Å². The summed E-state index contributed by atoms with van der Waals surface area (Å²) in [5.74, 6) is -0.183. The maximum Gasteiger partial charge on any atom is 0.472 e. The molecule has 0 rings (SSSR count). The smallest absolute Gasteiger partial charge is 0.387 e. The lowest BCUT2D eigenvalue weighted by atomic mass is 10.0. The molecule has 0 aromatic rings. The Hall–Kier alpha value is -0.760. The Labute approximate surface area is 322 Å². The van der Waals surface area contributed by atoms with Gasteiger partial charge in [-0.1, -0.05) is 193 Å². The molecule has 1 amide bonds. The second-order valence-corrected chi connectivity index (χ2v) is 17.9. The van der Waals surface area contributed by atoms with Gasteiger partial charge in [0.05, 0.1) is 39.9 Å². The molecular formula is C43H88N2O6P+. The number of carbonyl (C=O) groups is 1. The highest BCUT2D eigenvalue weighted by molar-refractivity contribution is 7.47. The van der Waals surface area contributed by atoms with Gasteiger partial charge in [-0.15, -0.1) is 0 Å². The molecule has 3 unspecified atom stereocenters. The molecule has 0 aromatic heterocycles. The lowest BCUT2D eigenvalue weighted by molar-refractivity contribution is -0.870. The number of nitrogens with one attached hydrogen (secondary N) is 1. The predicted octanol–water partition coefficient (Wildman–Crippen LogP) is 12.0. The van der Waals surface area contributed by atoms with Crippen LogP contribution in [0.1, 0.15) is 206 Å². The fraction of sp³-hybridized carbons (Fsp3) is 0.930. The predicted molar refractivity (Wildman–Crippen MR) is 222 cm³/mol. The SMILES string of the molecule is CCCCCCCCCCCCCCCCCCCCCCC/C=C/C(O)C(COP(=O)(O)OCC[N+](C)(C)C)NC(=O)CCCCCCCCC. The summed E-state index contributed by atoms with van der Waals surface area (Å²) in [4.78, 5) is 22.9. The van der Waals surface area contributed by atoms with Crippen LogP contribution < -0.4 is 5.32 Å². The third kappa shape index (κ3) is 37.6. The van der Waals surface area contributed by atoms with Gasteiger partial charge in [0.15, 0.2) is 0 Å². The summed E-state index contributed by atoms with van der Waals surface area (Å²) in [5, 5.41) is 13.7. The summed E-state index contributed by atoms with van der Waals surface area (Å²) in [6.45, 7) is 4.77. The number of amides is 1. The van der Waals surface area contributed by atoms with E-state index in [0.29, 0.717) is 17.4 Å². The second kappa shape index (κ2) is 35.9. The zero-order valence-corrected chi connectivity index (χ0v) is 36.0. The Morgan fingerprint density at radius 3 is 1.42 bits per heavy atom. The number of hydrogen-bond donors (Lipinski definition) is 3. The van der Waals surface area contributed by atoms with E-state index >= 15 is 0 Å². The first-order valence-electron chi connectivity index (χ1n) is 22.1. The first-order chi connectivity index (χ1) is 25.0. The first kappa shape index (κ1) is 51.2. The molecular weight excluding hydrogens is 671 g/mol. The van der Waals surface area contributed by atoms with Gasteiger partial charge in [0, 0.05) is 6.42 Å². The first-order valence-corrected chi connectivity index (χ1v) is 23.6. The highest BCUT2D eigenvalue weighted by Gasteiger charge is 2.27. The van der Waals surface area contributed by atoms with Crippen molar-refractivity contribution in [2.45, 2.75) is 219 Å². The van der Waals surface area contributed by atoms with Crippen LogP contribution in [0.2, 0.25) is 0 Å². The molecule has 3 N–H and O–H groups in total. The largest absolute Gasteiger partial charge is 0.472 e. The number of rotatable bonds is 40. The molecule has 0 aliphatic carbocycles. The van der Waals surface area contributed by atoms with Gasteiger partial charge in [-0.05, 0) is 19.3 Å². The van der Waals surface area contributed by atoms with Crippen molar-refractivity contribution in [2.75, 3.05) is 40.9 Å².